The van der Waals surface area contributed by atoms with E-state index in [0.29, 0.717) is 24.9 Å². The number of carboxylic acids is 1. The number of rotatable bonds is 11. The molecule has 1 heterocycles. The van der Waals surface area contributed by atoms with Crippen molar-refractivity contribution in [1.29, 1.82) is 0 Å². The van der Waals surface area contributed by atoms with Crippen LogP contribution in [0, 0.1) is 0 Å². The van der Waals surface area contributed by atoms with Crippen molar-refractivity contribution in [3.63, 3.8) is 0 Å². The van der Waals surface area contributed by atoms with E-state index in [1.54, 1.807) is 19.9 Å². The highest BCUT2D eigenvalue weighted by atomic mass is 32.1. The van der Waals surface area contributed by atoms with Gasteiger partial charge in [0, 0.05) is 18.5 Å². The first-order chi connectivity index (χ1) is 15.2. The quantitative estimate of drug-likeness (QED) is 0.364. The van der Waals surface area contributed by atoms with Crippen molar-refractivity contribution in [2.45, 2.75) is 76.9 Å². The van der Waals surface area contributed by atoms with Gasteiger partial charge in [0.15, 0.2) is 6.10 Å². The molecule has 0 aromatic heterocycles. The third kappa shape index (κ3) is 7.85. The van der Waals surface area contributed by atoms with Crippen molar-refractivity contribution in [2.75, 3.05) is 5.32 Å². The van der Waals surface area contributed by atoms with E-state index in [-0.39, 0.29) is 31.3 Å². The molecule has 1 fully saturated rings. The Hall–Kier alpha value is -2.56. The maximum Gasteiger partial charge on any atom is 0.332 e. The highest BCUT2D eigenvalue weighted by Gasteiger charge is 2.32. The lowest BCUT2D eigenvalue weighted by Crippen LogP contribution is -2.41. The molecule has 0 radical (unpaired) electrons. The van der Waals surface area contributed by atoms with E-state index in [9.17, 15) is 24.6 Å². The van der Waals surface area contributed by atoms with Gasteiger partial charge in [0.05, 0.1) is 12.2 Å². The fraction of sp³-hybridized carbons (Fsp3) is 0.545. The molecule has 9 nitrogen and oxygen atoms in total. The van der Waals surface area contributed by atoms with Gasteiger partial charge in [0.2, 0.25) is 11.8 Å². The Bertz CT molecular complexity index is 832. The van der Waals surface area contributed by atoms with Crippen LogP contribution >= 0.6 is 12.2 Å². The highest BCUT2D eigenvalue weighted by Crippen LogP contribution is 2.25. The Morgan fingerprint density at radius 1 is 1.31 bits per heavy atom. The first kappa shape index (κ1) is 25.7. The molecule has 176 valence electrons. The number of ether oxygens (including phenoxy) is 2. The third-order valence-electron chi connectivity index (χ3n) is 5.26. The lowest BCUT2D eigenvalue weighted by atomic mass is 9.94. The second kappa shape index (κ2) is 12.5. The van der Waals surface area contributed by atoms with Gasteiger partial charge in [0.1, 0.15) is 18.2 Å². The van der Waals surface area contributed by atoms with Crippen molar-refractivity contribution in [3.05, 3.63) is 29.3 Å². The summed E-state index contributed by atoms with van der Waals surface area (Å²) in [5.41, 5.74) is 3.47. The molecule has 0 aliphatic carbocycles. The molecule has 32 heavy (non-hydrogen) atoms. The summed E-state index contributed by atoms with van der Waals surface area (Å²) in [6.45, 7) is 3.57. The van der Waals surface area contributed by atoms with Gasteiger partial charge in [-0.15, -0.1) is 0 Å². The number of aliphatic hydroxyl groups excluding tert-OH is 1. The molecule has 2 rings (SSSR count). The smallest absolute Gasteiger partial charge is 0.332 e. The average molecular weight is 467 g/mol. The molecule has 1 saturated heterocycles. The SMILES string of the molecule is CCC(=O)NC(C)C(=O)Nc1ccc(COC=S)c(CCC2CC(O)CC(C(=O)O)O2)c1. The van der Waals surface area contributed by atoms with Gasteiger partial charge in [-0.3, -0.25) is 9.59 Å². The van der Waals surface area contributed by atoms with Gasteiger partial charge in [-0.25, -0.2) is 4.79 Å². The van der Waals surface area contributed by atoms with Gasteiger partial charge in [-0.05, 0) is 61.7 Å². The van der Waals surface area contributed by atoms with E-state index >= 15 is 0 Å². The maximum atomic E-state index is 12.4. The third-order valence-corrected chi connectivity index (χ3v) is 5.40. The maximum absolute atomic E-state index is 12.4. The van der Waals surface area contributed by atoms with Gasteiger partial charge < -0.3 is 30.3 Å². The van der Waals surface area contributed by atoms with E-state index < -0.39 is 30.3 Å². The molecule has 2 amide bonds. The Morgan fingerprint density at radius 2 is 2.06 bits per heavy atom. The number of aliphatic carboxylic acids is 1. The normalized spacial score (nSPS) is 21.3. The molecule has 1 aromatic rings. The summed E-state index contributed by atoms with van der Waals surface area (Å²) < 4.78 is 10.9. The number of amides is 2. The number of nitrogens with one attached hydrogen (secondary N) is 2. The number of anilines is 1. The van der Waals surface area contributed by atoms with Crippen LogP contribution in [0.2, 0.25) is 0 Å². The number of hydrogen-bond acceptors (Lipinski definition) is 7. The van der Waals surface area contributed by atoms with Crippen LogP contribution < -0.4 is 10.6 Å². The lowest BCUT2D eigenvalue weighted by molar-refractivity contribution is -0.166. The van der Waals surface area contributed by atoms with Crippen LogP contribution in [0.4, 0.5) is 5.69 Å². The Morgan fingerprint density at radius 3 is 2.72 bits per heavy atom. The fourth-order valence-electron chi connectivity index (χ4n) is 3.51. The minimum Gasteiger partial charge on any atom is -0.485 e. The highest BCUT2D eigenvalue weighted by molar-refractivity contribution is 7.78. The Kier molecular flexibility index (Phi) is 10.0. The number of benzene rings is 1. The van der Waals surface area contributed by atoms with Crippen LogP contribution in [-0.4, -0.2) is 57.9 Å². The van der Waals surface area contributed by atoms with Crippen LogP contribution in [0.5, 0.6) is 0 Å². The van der Waals surface area contributed by atoms with Gasteiger partial charge in [-0.2, -0.15) is 0 Å². The zero-order chi connectivity index (χ0) is 23.7. The minimum absolute atomic E-state index is 0.0772. The van der Waals surface area contributed by atoms with Crippen molar-refractivity contribution >= 4 is 41.2 Å². The summed E-state index contributed by atoms with van der Waals surface area (Å²) in [4.78, 5) is 35.2. The van der Waals surface area contributed by atoms with Gasteiger partial charge in [-0.1, -0.05) is 13.0 Å². The van der Waals surface area contributed by atoms with Gasteiger partial charge in [0.25, 0.3) is 0 Å². The van der Waals surface area contributed by atoms with E-state index in [0.717, 1.165) is 11.1 Å². The molecule has 0 bridgehead atoms. The zero-order valence-electron chi connectivity index (χ0n) is 18.2. The van der Waals surface area contributed by atoms with Crippen LogP contribution in [0.1, 0.15) is 50.7 Å². The van der Waals surface area contributed by atoms with E-state index in [2.05, 4.69) is 10.6 Å². The molecule has 1 aromatic carbocycles. The first-order valence-electron chi connectivity index (χ1n) is 10.6. The number of aliphatic hydroxyl groups is 1. The number of aryl methyl sites for hydroxylation is 1. The molecule has 1 aliphatic rings. The molecule has 4 atom stereocenters. The van der Waals surface area contributed by atoms with Crippen molar-refractivity contribution in [1.82, 2.24) is 5.32 Å². The molecular formula is C22H30N2O7S. The van der Waals surface area contributed by atoms with E-state index in [1.165, 1.54) is 5.55 Å². The summed E-state index contributed by atoms with van der Waals surface area (Å²) in [6.07, 6.45) is -0.408. The Balaban J connectivity index is 2.09. The van der Waals surface area contributed by atoms with Crippen molar-refractivity contribution < 1.29 is 34.1 Å². The molecule has 0 spiro atoms. The molecular weight excluding hydrogens is 436 g/mol. The summed E-state index contributed by atoms with van der Waals surface area (Å²) in [5, 5.41) is 24.6. The van der Waals surface area contributed by atoms with Crippen LogP contribution in [0.15, 0.2) is 18.2 Å². The predicted octanol–water partition coefficient (Wildman–Crippen LogP) is 1.94. The zero-order valence-corrected chi connectivity index (χ0v) is 19.0. The summed E-state index contributed by atoms with van der Waals surface area (Å²) in [7, 11) is 0. The second-order valence-electron chi connectivity index (χ2n) is 7.77. The van der Waals surface area contributed by atoms with Gasteiger partial charge >= 0.3 is 5.97 Å². The minimum atomic E-state index is -1.09. The Labute approximate surface area is 192 Å². The van der Waals surface area contributed by atoms with Crippen molar-refractivity contribution in [3.8, 4) is 0 Å². The van der Waals surface area contributed by atoms with E-state index in [4.69, 9.17) is 21.7 Å². The molecule has 10 heteroatoms. The van der Waals surface area contributed by atoms with Crippen LogP contribution in [0.3, 0.4) is 0 Å². The molecule has 4 unspecified atom stereocenters. The fourth-order valence-corrected chi connectivity index (χ4v) is 3.58. The summed E-state index contributed by atoms with van der Waals surface area (Å²) >= 11 is 4.73. The van der Waals surface area contributed by atoms with Crippen molar-refractivity contribution in [2.24, 2.45) is 0 Å². The largest absolute Gasteiger partial charge is 0.485 e. The topological polar surface area (TPSA) is 134 Å². The molecule has 1 aliphatic heterocycles. The number of hydrogen-bond donors (Lipinski definition) is 4. The average Bonchev–Trinajstić information content (AvgIpc) is 2.76. The van der Waals surface area contributed by atoms with Crippen LogP contribution in [-0.2, 0) is 36.9 Å². The number of carbonyl (C=O) groups excluding carboxylic acids is 2. The summed E-state index contributed by atoms with van der Waals surface area (Å²) in [5.74, 6) is -1.64. The second-order valence-corrected chi connectivity index (χ2v) is 7.96. The first-order valence-corrected chi connectivity index (χ1v) is 11.0. The summed E-state index contributed by atoms with van der Waals surface area (Å²) in [6, 6.07) is 4.67. The monoisotopic (exact) mass is 466 g/mol. The van der Waals surface area contributed by atoms with Crippen LogP contribution in [0.25, 0.3) is 0 Å². The molecule has 4 N–H and O–H groups in total. The number of carboxylic acid groups (broad SMARTS) is 1. The van der Waals surface area contributed by atoms with E-state index in [1.807, 2.05) is 12.1 Å². The number of carbonyl (C=O) groups is 3. The lowest BCUT2D eigenvalue weighted by Gasteiger charge is -2.31. The number of thiocarbonyl (C=S) groups is 1. The predicted molar refractivity (Wildman–Crippen MR) is 121 cm³/mol. The molecule has 0 saturated carbocycles. The standard InChI is InChI=1S/C22H30N2O7S/c1-3-20(26)23-13(2)21(27)24-16-6-4-15(11-30-12-32)14(8-16)5-7-18-9-17(25)10-19(31-18)22(28)29/h4,6,8,12-13,17-19,25H,3,5,7,9-11H2,1-2H3,(H,23,26)(H,24,27)(H,28,29).